The monoisotopic (exact) mass is 369 g/mol. The van der Waals surface area contributed by atoms with Crippen LogP contribution in [0.2, 0.25) is 0 Å². The summed E-state index contributed by atoms with van der Waals surface area (Å²) in [5.41, 5.74) is 13.5. The standard InChI is InChI=1S/C22H31N3O2/c1-14(2)25(15(3)4)16(5)13-27-19-9-6-17(7-10-19)22(26)18-8-11-20(23)21(24)12-18/h6-12,14-16H,13,23-24H2,1-5H3. The molecule has 0 radical (unpaired) electrons. The van der Waals surface area contributed by atoms with Gasteiger partial charge in [0.05, 0.1) is 11.4 Å². The summed E-state index contributed by atoms with van der Waals surface area (Å²) in [5.74, 6) is 0.662. The fourth-order valence-corrected chi connectivity index (χ4v) is 3.50. The topological polar surface area (TPSA) is 81.6 Å². The van der Waals surface area contributed by atoms with Crippen molar-refractivity contribution >= 4 is 17.2 Å². The molecule has 0 saturated carbocycles. The molecular weight excluding hydrogens is 338 g/mol. The van der Waals surface area contributed by atoms with Crippen LogP contribution in [0.5, 0.6) is 5.75 Å². The third-order valence-electron chi connectivity index (χ3n) is 4.66. The number of ether oxygens (including phenoxy) is 1. The average molecular weight is 370 g/mol. The molecule has 2 aromatic rings. The van der Waals surface area contributed by atoms with Crippen LogP contribution < -0.4 is 16.2 Å². The molecule has 0 aliphatic carbocycles. The molecule has 2 aromatic carbocycles. The number of carbonyl (C=O) groups is 1. The molecule has 27 heavy (non-hydrogen) atoms. The smallest absolute Gasteiger partial charge is 0.193 e. The van der Waals surface area contributed by atoms with E-state index in [0.717, 1.165) is 5.75 Å². The van der Waals surface area contributed by atoms with Crippen molar-refractivity contribution in [1.29, 1.82) is 0 Å². The van der Waals surface area contributed by atoms with Gasteiger partial charge in [-0.2, -0.15) is 0 Å². The van der Waals surface area contributed by atoms with Crippen molar-refractivity contribution in [3.05, 3.63) is 53.6 Å². The number of anilines is 2. The molecule has 2 rings (SSSR count). The van der Waals surface area contributed by atoms with Crippen molar-refractivity contribution in [2.75, 3.05) is 18.1 Å². The van der Waals surface area contributed by atoms with Gasteiger partial charge in [0.1, 0.15) is 12.4 Å². The van der Waals surface area contributed by atoms with Crippen molar-refractivity contribution in [2.45, 2.75) is 52.7 Å². The lowest BCUT2D eigenvalue weighted by atomic mass is 10.0. The number of rotatable bonds is 8. The van der Waals surface area contributed by atoms with Crippen LogP contribution in [-0.4, -0.2) is 35.4 Å². The lowest BCUT2D eigenvalue weighted by molar-refractivity contribution is 0.0856. The first-order valence-corrected chi connectivity index (χ1v) is 9.40. The molecule has 0 aliphatic heterocycles. The molecule has 0 aromatic heterocycles. The van der Waals surface area contributed by atoms with Crippen LogP contribution in [0.3, 0.4) is 0 Å². The molecule has 0 heterocycles. The van der Waals surface area contributed by atoms with Gasteiger partial charge in [-0.3, -0.25) is 9.69 Å². The SMILES string of the molecule is CC(C)N(C(C)C)C(C)COc1ccc(C(=O)c2ccc(N)c(N)c2)cc1. The lowest BCUT2D eigenvalue weighted by Crippen LogP contribution is -2.46. The van der Waals surface area contributed by atoms with E-state index in [1.807, 2.05) is 12.1 Å². The maximum atomic E-state index is 12.6. The first-order chi connectivity index (χ1) is 12.7. The summed E-state index contributed by atoms with van der Waals surface area (Å²) in [4.78, 5) is 15.0. The fraction of sp³-hybridized carbons (Fsp3) is 0.409. The highest BCUT2D eigenvalue weighted by molar-refractivity contribution is 6.09. The molecule has 0 aliphatic rings. The van der Waals surface area contributed by atoms with E-state index in [0.29, 0.717) is 47.2 Å². The Morgan fingerprint density at radius 3 is 1.96 bits per heavy atom. The zero-order chi connectivity index (χ0) is 20.1. The first-order valence-electron chi connectivity index (χ1n) is 9.40. The van der Waals surface area contributed by atoms with Crippen LogP contribution in [-0.2, 0) is 0 Å². The molecular formula is C22H31N3O2. The summed E-state index contributed by atoms with van der Waals surface area (Å²) >= 11 is 0. The first kappa shape index (κ1) is 20.8. The zero-order valence-electron chi connectivity index (χ0n) is 16.9. The Hall–Kier alpha value is -2.53. The molecule has 4 N–H and O–H groups in total. The van der Waals surface area contributed by atoms with Gasteiger partial charge in [0.15, 0.2) is 5.78 Å². The maximum Gasteiger partial charge on any atom is 0.193 e. The highest BCUT2D eigenvalue weighted by Gasteiger charge is 2.20. The largest absolute Gasteiger partial charge is 0.492 e. The van der Waals surface area contributed by atoms with Crippen LogP contribution in [0, 0.1) is 0 Å². The summed E-state index contributed by atoms with van der Waals surface area (Å²) in [6, 6.07) is 13.4. The maximum absolute atomic E-state index is 12.6. The molecule has 0 bridgehead atoms. The van der Waals surface area contributed by atoms with Crippen molar-refractivity contribution < 1.29 is 9.53 Å². The van der Waals surface area contributed by atoms with E-state index in [2.05, 4.69) is 39.5 Å². The number of nitrogen functional groups attached to an aromatic ring is 2. The molecule has 0 spiro atoms. The Kier molecular flexibility index (Phi) is 6.86. The molecule has 1 unspecified atom stereocenters. The van der Waals surface area contributed by atoms with E-state index in [1.54, 1.807) is 30.3 Å². The normalized spacial score (nSPS) is 12.6. The van der Waals surface area contributed by atoms with Gasteiger partial charge in [0, 0.05) is 29.3 Å². The van der Waals surface area contributed by atoms with Crippen LogP contribution in [0.25, 0.3) is 0 Å². The van der Waals surface area contributed by atoms with E-state index < -0.39 is 0 Å². The van der Waals surface area contributed by atoms with E-state index in [9.17, 15) is 4.79 Å². The van der Waals surface area contributed by atoms with Crippen molar-refractivity contribution in [3.63, 3.8) is 0 Å². The van der Waals surface area contributed by atoms with Crippen LogP contribution in [0.1, 0.15) is 50.5 Å². The highest BCUT2D eigenvalue weighted by atomic mass is 16.5. The van der Waals surface area contributed by atoms with E-state index in [1.165, 1.54) is 0 Å². The zero-order valence-corrected chi connectivity index (χ0v) is 16.9. The van der Waals surface area contributed by atoms with E-state index in [4.69, 9.17) is 16.2 Å². The van der Waals surface area contributed by atoms with Crippen LogP contribution >= 0.6 is 0 Å². The number of carbonyl (C=O) groups excluding carboxylic acids is 1. The van der Waals surface area contributed by atoms with Crippen LogP contribution in [0.4, 0.5) is 11.4 Å². The molecule has 5 nitrogen and oxygen atoms in total. The average Bonchev–Trinajstić information content (AvgIpc) is 2.61. The van der Waals surface area contributed by atoms with Gasteiger partial charge in [-0.25, -0.2) is 0 Å². The lowest BCUT2D eigenvalue weighted by Gasteiger charge is -2.36. The Balaban J connectivity index is 2.02. The predicted molar refractivity (Wildman–Crippen MR) is 112 cm³/mol. The molecule has 1 atom stereocenters. The summed E-state index contributed by atoms with van der Waals surface area (Å²) in [6.45, 7) is 11.5. The third-order valence-corrected chi connectivity index (χ3v) is 4.66. The molecule has 146 valence electrons. The number of ketones is 1. The van der Waals surface area contributed by atoms with Gasteiger partial charge in [0.2, 0.25) is 0 Å². The summed E-state index contributed by atoms with van der Waals surface area (Å²) in [7, 11) is 0. The van der Waals surface area contributed by atoms with Gasteiger partial charge < -0.3 is 16.2 Å². The minimum Gasteiger partial charge on any atom is -0.492 e. The minimum absolute atomic E-state index is 0.0904. The fourth-order valence-electron chi connectivity index (χ4n) is 3.50. The second kappa shape index (κ2) is 8.91. The Labute approximate surface area is 162 Å². The van der Waals surface area contributed by atoms with Gasteiger partial charge in [-0.15, -0.1) is 0 Å². The number of hydrogen-bond acceptors (Lipinski definition) is 5. The predicted octanol–water partition coefficient (Wildman–Crippen LogP) is 3.97. The third kappa shape index (κ3) is 5.23. The Morgan fingerprint density at radius 2 is 1.44 bits per heavy atom. The van der Waals surface area contributed by atoms with Crippen molar-refractivity contribution in [1.82, 2.24) is 4.90 Å². The van der Waals surface area contributed by atoms with E-state index in [-0.39, 0.29) is 5.78 Å². The summed E-state index contributed by atoms with van der Waals surface area (Å²) in [5, 5.41) is 0. The Bertz CT molecular complexity index is 762. The summed E-state index contributed by atoms with van der Waals surface area (Å²) in [6.07, 6.45) is 0. The quantitative estimate of drug-likeness (QED) is 0.543. The van der Waals surface area contributed by atoms with Gasteiger partial charge in [0.25, 0.3) is 0 Å². The van der Waals surface area contributed by atoms with Crippen molar-refractivity contribution in [3.8, 4) is 5.75 Å². The second-order valence-corrected chi connectivity index (χ2v) is 7.49. The molecule has 0 fully saturated rings. The molecule has 0 amide bonds. The number of hydrogen-bond donors (Lipinski definition) is 2. The van der Waals surface area contributed by atoms with Gasteiger partial charge >= 0.3 is 0 Å². The van der Waals surface area contributed by atoms with Gasteiger partial charge in [-0.05, 0) is 77.1 Å². The number of benzene rings is 2. The van der Waals surface area contributed by atoms with Crippen molar-refractivity contribution in [2.24, 2.45) is 0 Å². The summed E-state index contributed by atoms with van der Waals surface area (Å²) < 4.78 is 5.93. The molecule has 5 heteroatoms. The molecule has 0 saturated heterocycles. The highest BCUT2D eigenvalue weighted by Crippen LogP contribution is 2.21. The number of nitrogens with zero attached hydrogens (tertiary/aromatic N) is 1. The second-order valence-electron chi connectivity index (χ2n) is 7.49. The Morgan fingerprint density at radius 1 is 0.889 bits per heavy atom. The number of nitrogens with two attached hydrogens (primary N) is 2. The minimum atomic E-state index is -0.0904. The van der Waals surface area contributed by atoms with E-state index >= 15 is 0 Å². The van der Waals surface area contributed by atoms with Crippen LogP contribution in [0.15, 0.2) is 42.5 Å². The van der Waals surface area contributed by atoms with Gasteiger partial charge in [-0.1, -0.05) is 0 Å².